The number of aromatic nitrogens is 2. The maximum absolute atomic E-state index is 12.5. The van der Waals surface area contributed by atoms with Crippen LogP contribution in [0.5, 0.6) is 0 Å². The molecule has 0 bridgehead atoms. The lowest BCUT2D eigenvalue weighted by atomic mass is 10.1. The molecule has 0 radical (unpaired) electrons. The van der Waals surface area contributed by atoms with Crippen LogP contribution in [0, 0.1) is 24.0 Å². The van der Waals surface area contributed by atoms with Gasteiger partial charge in [0.1, 0.15) is 0 Å². The van der Waals surface area contributed by atoms with Crippen LogP contribution >= 0.6 is 0 Å². The summed E-state index contributed by atoms with van der Waals surface area (Å²) in [5.74, 6) is 0.360. The molecule has 0 unspecified atom stereocenters. The second-order valence-corrected chi connectivity index (χ2v) is 6.26. The minimum Gasteiger partial charge on any atom is -0.305 e. The first-order chi connectivity index (χ1) is 12.9. The highest BCUT2D eigenvalue weighted by Crippen LogP contribution is 2.28. The Balaban J connectivity index is 1.68. The van der Waals surface area contributed by atoms with Crippen LogP contribution in [0.2, 0.25) is 0 Å². The first-order valence-electron chi connectivity index (χ1n) is 8.45. The molecule has 27 heavy (non-hydrogen) atoms. The van der Waals surface area contributed by atoms with E-state index in [1.165, 1.54) is 12.1 Å². The van der Waals surface area contributed by atoms with Crippen molar-refractivity contribution in [1.82, 2.24) is 15.4 Å². The third kappa shape index (κ3) is 4.55. The molecular formula is C19H19N5O3. The zero-order valence-electron chi connectivity index (χ0n) is 15.0. The number of aryl methyl sites for hydroxylation is 2. The van der Waals surface area contributed by atoms with Crippen molar-refractivity contribution in [2.45, 2.75) is 26.7 Å². The van der Waals surface area contributed by atoms with E-state index in [1.54, 1.807) is 24.4 Å². The van der Waals surface area contributed by atoms with Crippen molar-refractivity contribution in [2.75, 3.05) is 5.43 Å². The molecule has 0 amide bonds. The van der Waals surface area contributed by atoms with Crippen molar-refractivity contribution in [3.8, 4) is 0 Å². The van der Waals surface area contributed by atoms with Gasteiger partial charge in [-0.1, -0.05) is 12.1 Å². The third-order valence-electron chi connectivity index (χ3n) is 4.08. The molecule has 138 valence electrons. The van der Waals surface area contributed by atoms with E-state index in [-0.39, 0.29) is 11.5 Å². The van der Waals surface area contributed by atoms with Crippen molar-refractivity contribution >= 4 is 23.5 Å². The minimum atomic E-state index is -0.450. The van der Waals surface area contributed by atoms with Gasteiger partial charge < -0.3 is 5.43 Å². The molecular weight excluding hydrogens is 346 g/mol. The Hall–Kier alpha value is -3.55. The van der Waals surface area contributed by atoms with Crippen molar-refractivity contribution in [3.05, 3.63) is 74.7 Å². The molecule has 1 heterocycles. The number of benzene rings is 1. The predicted octanol–water partition coefficient (Wildman–Crippen LogP) is 3.25. The number of nitro groups is 1. The molecule has 8 heteroatoms. The van der Waals surface area contributed by atoms with Crippen LogP contribution in [0.15, 0.2) is 47.7 Å². The van der Waals surface area contributed by atoms with E-state index in [9.17, 15) is 14.9 Å². The van der Waals surface area contributed by atoms with E-state index < -0.39 is 4.92 Å². The summed E-state index contributed by atoms with van der Waals surface area (Å²) in [7, 11) is 0. The molecule has 1 aliphatic carbocycles. The Kier molecular flexibility index (Phi) is 5.25. The average Bonchev–Trinajstić information content (AvgIpc) is 2.95. The van der Waals surface area contributed by atoms with Gasteiger partial charge in [0.2, 0.25) is 5.95 Å². The lowest BCUT2D eigenvalue weighted by molar-refractivity contribution is -0.384. The second-order valence-electron chi connectivity index (χ2n) is 6.26. The van der Waals surface area contributed by atoms with Crippen molar-refractivity contribution < 1.29 is 9.72 Å². The molecule has 0 spiro atoms. The number of non-ortho nitro benzene ring substituents is 1. The van der Waals surface area contributed by atoms with Crippen LogP contribution in [-0.2, 0) is 4.79 Å². The van der Waals surface area contributed by atoms with E-state index >= 15 is 0 Å². The van der Waals surface area contributed by atoms with Crippen LogP contribution in [0.3, 0.4) is 0 Å². The number of allylic oxidation sites excluding steroid dienone is 2. The van der Waals surface area contributed by atoms with Crippen LogP contribution in [0.4, 0.5) is 11.6 Å². The molecule has 1 aromatic heterocycles. The predicted molar refractivity (Wildman–Crippen MR) is 102 cm³/mol. The fraction of sp³-hybridized carbons (Fsp3) is 0.211. The minimum absolute atomic E-state index is 0.00451. The van der Waals surface area contributed by atoms with Gasteiger partial charge in [-0.25, -0.2) is 9.97 Å². The molecule has 8 nitrogen and oxygen atoms in total. The number of hydrogen-bond donors (Lipinski definition) is 2. The highest BCUT2D eigenvalue weighted by molar-refractivity contribution is 6.13. The summed E-state index contributed by atoms with van der Waals surface area (Å²) in [5.41, 5.74) is 9.32. The standard InChI is InChI=1S/C19H19N5O3/c1-12-8-13(2)22-19(21-12)23-20-11-16-7-6-15(18(16)25)9-14-4-3-5-17(10-14)24(26)27/h3-5,8-11,20H,6-7H2,1-2H3,(H,21,22,23). The normalized spacial score (nSPS) is 16.7. The number of rotatable bonds is 5. The molecule has 1 fully saturated rings. The summed E-state index contributed by atoms with van der Waals surface area (Å²) in [6.45, 7) is 3.76. The Morgan fingerprint density at radius 3 is 2.52 bits per heavy atom. The molecule has 1 aliphatic rings. The highest BCUT2D eigenvalue weighted by atomic mass is 16.6. The number of carbonyl (C=O) groups is 1. The van der Waals surface area contributed by atoms with E-state index in [0.717, 1.165) is 11.4 Å². The summed E-state index contributed by atoms with van der Waals surface area (Å²) < 4.78 is 0. The molecule has 1 aromatic carbocycles. The molecule has 3 rings (SSSR count). The largest absolute Gasteiger partial charge is 0.305 e. The number of nitrogens with zero attached hydrogens (tertiary/aromatic N) is 3. The number of nitrogens with one attached hydrogen (secondary N) is 2. The lowest BCUT2D eigenvalue weighted by Crippen LogP contribution is -2.18. The molecule has 0 aliphatic heterocycles. The zero-order chi connectivity index (χ0) is 19.4. The first kappa shape index (κ1) is 18.2. The fourth-order valence-electron chi connectivity index (χ4n) is 2.88. The number of hydrogen-bond acceptors (Lipinski definition) is 7. The summed E-state index contributed by atoms with van der Waals surface area (Å²) >= 11 is 0. The van der Waals surface area contributed by atoms with Gasteiger partial charge in [-0.15, -0.1) is 0 Å². The zero-order valence-corrected chi connectivity index (χ0v) is 15.0. The van der Waals surface area contributed by atoms with Gasteiger partial charge in [0.05, 0.1) is 4.92 Å². The molecule has 2 aromatic rings. The van der Waals surface area contributed by atoms with Crippen LogP contribution in [0.25, 0.3) is 6.08 Å². The van der Waals surface area contributed by atoms with Gasteiger partial charge in [-0.2, -0.15) is 0 Å². The molecule has 0 saturated heterocycles. The number of hydrazine groups is 1. The highest BCUT2D eigenvalue weighted by Gasteiger charge is 2.23. The summed E-state index contributed by atoms with van der Waals surface area (Å²) in [5, 5.41) is 10.9. The number of nitro benzene ring substituents is 1. The topological polar surface area (TPSA) is 110 Å². The maximum Gasteiger partial charge on any atom is 0.270 e. The second kappa shape index (κ2) is 7.77. The lowest BCUT2D eigenvalue weighted by Gasteiger charge is -2.06. The third-order valence-corrected chi connectivity index (χ3v) is 4.08. The van der Waals surface area contributed by atoms with E-state index in [1.807, 2.05) is 19.9 Å². The summed E-state index contributed by atoms with van der Waals surface area (Å²) in [6, 6.07) is 8.10. The molecule has 1 saturated carbocycles. The fourth-order valence-corrected chi connectivity index (χ4v) is 2.88. The van der Waals surface area contributed by atoms with Gasteiger partial charge >= 0.3 is 0 Å². The van der Waals surface area contributed by atoms with Crippen molar-refractivity contribution in [2.24, 2.45) is 0 Å². The van der Waals surface area contributed by atoms with E-state index in [4.69, 9.17) is 0 Å². The summed E-state index contributed by atoms with van der Waals surface area (Å²) in [4.78, 5) is 31.4. The number of carbonyl (C=O) groups excluding carboxylic acids is 1. The van der Waals surface area contributed by atoms with Crippen LogP contribution < -0.4 is 10.9 Å². The molecule has 0 atom stereocenters. The number of ketones is 1. The summed E-state index contributed by atoms with van der Waals surface area (Å²) in [6.07, 6.45) is 4.51. The van der Waals surface area contributed by atoms with Crippen molar-refractivity contribution in [3.63, 3.8) is 0 Å². The Bertz CT molecular complexity index is 945. The molecule has 2 N–H and O–H groups in total. The quantitative estimate of drug-likeness (QED) is 0.475. The van der Waals surface area contributed by atoms with E-state index in [0.29, 0.717) is 35.5 Å². The number of anilines is 1. The van der Waals surface area contributed by atoms with Gasteiger partial charge in [0, 0.05) is 40.9 Å². The van der Waals surface area contributed by atoms with Gasteiger partial charge in [-0.05, 0) is 44.4 Å². The monoisotopic (exact) mass is 365 g/mol. The Morgan fingerprint density at radius 1 is 1.11 bits per heavy atom. The van der Waals surface area contributed by atoms with Gasteiger partial charge in [-0.3, -0.25) is 20.3 Å². The van der Waals surface area contributed by atoms with Crippen molar-refractivity contribution in [1.29, 1.82) is 0 Å². The Morgan fingerprint density at radius 2 is 1.81 bits per heavy atom. The smallest absolute Gasteiger partial charge is 0.270 e. The van der Waals surface area contributed by atoms with Gasteiger partial charge in [0.25, 0.3) is 5.69 Å². The van der Waals surface area contributed by atoms with Gasteiger partial charge in [0.15, 0.2) is 5.78 Å². The van der Waals surface area contributed by atoms with Crippen LogP contribution in [0.1, 0.15) is 29.8 Å². The first-order valence-corrected chi connectivity index (χ1v) is 8.45. The Labute approximate surface area is 156 Å². The maximum atomic E-state index is 12.5. The van der Waals surface area contributed by atoms with E-state index in [2.05, 4.69) is 20.8 Å². The van der Waals surface area contributed by atoms with Crippen LogP contribution in [-0.4, -0.2) is 20.7 Å². The average molecular weight is 365 g/mol. The number of Topliss-reactive ketones (excluding diaryl/α,β-unsaturated/α-hetero) is 1. The SMILES string of the molecule is Cc1cc(C)nc(NNC=C2CCC(=Cc3cccc([N+](=O)[O-])c3)C2=O)n1.